The summed E-state index contributed by atoms with van der Waals surface area (Å²) in [6.45, 7) is 12.2. The number of nitrogens with zero attached hydrogens (tertiary/aromatic N) is 18. The Balaban J connectivity index is 0.000000129. The van der Waals surface area contributed by atoms with Crippen LogP contribution in [-0.2, 0) is 55.6 Å². The van der Waals surface area contributed by atoms with Crippen molar-refractivity contribution in [2.45, 2.75) is 121 Å². The molecule has 0 spiro atoms. The van der Waals surface area contributed by atoms with E-state index in [-0.39, 0.29) is 35.8 Å². The van der Waals surface area contributed by atoms with Gasteiger partial charge in [0.2, 0.25) is 27.7 Å². The van der Waals surface area contributed by atoms with E-state index in [2.05, 4.69) is 31.4 Å². The Hall–Kier alpha value is -16.2. The molecule has 8 aromatic heterocycles. The second kappa shape index (κ2) is 47.6. The van der Waals surface area contributed by atoms with Gasteiger partial charge in [-0.1, -0.05) is 153 Å². The number of benzene rings is 8. The summed E-state index contributed by atoms with van der Waals surface area (Å²) in [6.07, 6.45) is 35.2. The molecular formula is C114H122N22O10S. The van der Waals surface area contributed by atoms with Crippen LogP contribution in [0, 0.1) is 0 Å². The lowest BCUT2D eigenvalue weighted by molar-refractivity contribution is -0.127. The molecule has 16 aromatic rings. The molecule has 0 radical (unpaired) electrons. The molecule has 3 amide bonds. The Morgan fingerprint density at radius 3 is 0.973 bits per heavy atom. The second-order valence-corrected chi connectivity index (χ2v) is 38.8. The number of hydrogen-bond acceptors (Lipinski definition) is 24. The van der Waals surface area contributed by atoms with Gasteiger partial charge in [-0.3, -0.25) is 36.9 Å². The number of methoxy groups -OCH3 is 1. The van der Waals surface area contributed by atoms with Gasteiger partial charge in [0.25, 0.3) is 0 Å². The van der Waals surface area contributed by atoms with Crippen LogP contribution in [0.25, 0.3) is 67.1 Å². The number of imidazole rings is 4. The van der Waals surface area contributed by atoms with Crippen LogP contribution in [0.15, 0.2) is 316 Å². The summed E-state index contributed by atoms with van der Waals surface area (Å²) in [5.74, 6) is 7.63. The molecule has 754 valence electrons. The van der Waals surface area contributed by atoms with Gasteiger partial charge in [0.1, 0.15) is 141 Å². The predicted octanol–water partition coefficient (Wildman–Crippen LogP) is 18.2. The van der Waals surface area contributed by atoms with Gasteiger partial charge in [-0.05, 0) is 211 Å². The summed E-state index contributed by atoms with van der Waals surface area (Å²) in [6, 6.07) is 70.6. The Morgan fingerprint density at radius 1 is 0.374 bits per heavy atom. The van der Waals surface area contributed by atoms with Gasteiger partial charge in [-0.25, -0.2) is 48.3 Å². The molecule has 5 saturated heterocycles. The minimum atomic E-state index is -3.58. The lowest BCUT2D eigenvalue weighted by Gasteiger charge is -2.25. The summed E-state index contributed by atoms with van der Waals surface area (Å²) in [5.41, 5.74) is 39.1. The number of fused-ring (bicyclic) bond motifs is 4. The van der Waals surface area contributed by atoms with Crippen LogP contribution in [0.3, 0.4) is 0 Å². The average molecular weight is 1990 g/mol. The summed E-state index contributed by atoms with van der Waals surface area (Å²) < 4.78 is 63.2. The topological polar surface area (TPSA) is 376 Å². The lowest BCUT2D eigenvalue weighted by atomic mass is 10.1. The van der Waals surface area contributed by atoms with Crippen LogP contribution in [0.1, 0.15) is 140 Å². The third-order valence-electron chi connectivity index (χ3n) is 26.8. The molecule has 0 saturated carbocycles. The number of anilines is 4. The largest absolute Gasteiger partial charge is 0.489 e. The monoisotopic (exact) mass is 1990 g/mol. The third kappa shape index (κ3) is 23.9. The molecule has 5 aliphatic heterocycles. The number of carbonyl (C=O) groups is 3. The van der Waals surface area contributed by atoms with Crippen molar-refractivity contribution in [2.24, 2.45) is 0 Å². The average Bonchev–Trinajstić information content (AvgIpc) is 1.62. The zero-order chi connectivity index (χ0) is 102. The molecule has 33 heteroatoms. The highest BCUT2D eigenvalue weighted by Crippen LogP contribution is 2.44. The van der Waals surface area contributed by atoms with Crippen molar-refractivity contribution in [3.05, 3.63) is 362 Å². The number of sulfonamides is 1. The molecule has 32 nitrogen and oxygen atoms in total. The van der Waals surface area contributed by atoms with Crippen molar-refractivity contribution in [3.8, 4) is 68.0 Å². The SMILES string of the molecule is C=CS(=O)(=O)N1CCC[C@H]1c1nc(-c2ccc(OCc3ccccc3)cc2)c2c(N)nccn12.CN(C)C/C=C/C(=O)N1CCC[C@H]1c1nc(-c2ccc(OCc3ccccc3)cc2)c2c(N)nccn12.COC/C=C/C(=O)N1CCC[C@H]1c1nc(-c2ccc(OCc3ccccc3)cc2)c2c(N)nccn12.Nc1nccn2c([C@@H]3CCCN3C(=O)/C=C/CN3CCCCC3)nc(-c3ccc(OCc4ccccc4)cc3)c12. The number of ether oxygens (including phenoxy) is 5. The molecule has 13 heterocycles. The fourth-order valence-electron chi connectivity index (χ4n) is 19.5. The Labute approximate surface area is 855 Å². The van der Waals surface area contributed by atoms with Gasteiger partial charge in [0.05, 0.1) is 30.8 Å². The molecule has 21 rings (SSSR count). The molecule has 0 unspecified atom stereocenters. The van der Waals surface area contributed by atoms with Gasteiger partial charge >= 0.3 is 0 Å². The Morgan fingerprint density at radius 2 is 0.667 bits per heavy atom. The van der Waals surface area contributed by atoms with E-state index >= 15 is 0 Å². The normalized spacial score (nSPS) is 16.6. The number of amides is 3. The van der Waals surface area contributed by atoms with Crippen LogP contribution in [-0.4, -0.2) is 193 Å². The van der Waals surface area contributed by atoms with Crippen molar-refractivity contribution in [1.29, 1.82) is 0 Å². The van der Waals surface area contributed by atoms with Crippen LogP contribution < -0.4 is 41.9 Å². The number of nitrogens with two attached hydrogens (primary N) is 4. The first kappa shape index (κ1) is 101. The summed E-state index contributed by atoms with van der Waals surface area (Å²) in [5, 5.41) is 0.992. The van der Waals surface area contributed by atoms with Gasteiger partial charge in [-0.15, -0.1) is 0 Å². The number of likely N-dealkylation sites (tertiary alicyclic amines) is 4. The van der Waals surface area contributed by atoms with E-state index in [1.165, 1.54) is 23.6 Å². The molecule has 8 N–H and O–H groups in total. The van der Waals surface area contributed by atoms with Crippen LogP contribution in [0.4, 0.5) is 23.3 Å². The zero-order valence-electron chi connectivity index (χ0n) is 82.8. The molecule has 5 aliphatic rings. The summed E-state index contributed by atoms with van der Waals surface area (Å²) in [4.78, 5) is 86.6. The van der Waals surface area contributed by atoms with E-state index in [1.807, 2.05) is 300 Å². The highest BCUT2D eigenvalue weighted by molar-refractivity contribution is 7.92. The Kier molecular flexibility index (Phi) is 32.6. The van der Waals surface area contributed by atoms with Crippen molar-refractivity contribution in [1.82, 2.24) is 86.3 Å². The third-order valence-corrected chi connectivity index (χ3v) is 28.3. The van der Waals surface area contributed by atoms with Gasteiger partial charge < -0.3 is 66.2 Å². The fourth-order valence-corrected chi connectivity index (χ4v) is 20.7. The van der Waals surface area contributed by atoms with Crippen LogP contribution >= 0.6 is 0 Å². The van der Waals surface area contributed by atoms with E-state index in [4.69, 9.17) is 66.6 Å². The quantitative estimate of drug-likeness (QED) is 0.0293. The predicted molar refractivity (Wildman–Crippen MR) is 571 cm³/mol. The molecule has 147 heavy (non-hydrogen) atoms. The highest BCUT2D eigenvalue weighted by Gasteiger charge is 2.40. The first-order valence-electron chi connectivity index (χ1n) is 49.8. The molecule has 4 atom stereocenters. The van der Waals surface area contributed by atoms with Crippen molar-refractivity contribution < 1.29 is 46.5 Å². The van der Waals surface area contributed by atoms with E-state index in [0.29, 0.717) is 106 Å². The molecule has 5 fully saturated rings. The van der Waals surface area contributed by atoms with E-state index in [0.717, 1.165) is 195 Å². The van der Waals surface area contributed by atoms with Crippen molar-refractivity contribution in [3.63, 3.8) is 0 Å². The number of rotatable bonds is 31. The number of hydrogen-bond donors (Lipinski definition) is 4. The number of piperidine rings is 1. The highest BCUT2D eigenvalue weighted by atomic mass is 32.2. The second-order valence-electron chi connectivity index (χ2n) is 36.9. The van der Waals surface area contributed by atoms with Crippen molar-refractivity contribution in [2.75, 3.05) is 103 Å². The fraction of sp³-hybridized carbons (Fsp3) is 0.272. The maximum absolute atomic E-state index is 13.3. The number of likely N-dealkylation sites (N-methyl/N-ethyl adjacent to an activating group) is 1. The van der Waals surface area contributed by atoms with E-state index in [1.54, 1.807) is 62.4 Å². The minimum absolute atomic E-state index is 0.00426. The number of nitrogen functional groups attached to an aromatic ring is 4. The molecule has 0 aliphatic carbocycles. The van der Waals surface area contributed by atoms with Gasteiger partial charge in [0, 0.05) is 142 Å². The van der Waals surface area contributed by atoms with Gasteiger partial charge in [-0.2, -0.15) is 4.31 Å². The van der Waals surface area contributed by atoms with Gasteiger partial charge in [0.15, 0.2) is 0 Å². The van der Waals surface area contributed by atoms with E-state index in [9.17, 15) is 22.8 Å². The van der Waals surface area contributed by atoms with Crippen LogP contribution in [0.2, 0.25) is 0 Å². The number of aromatic nitrogens is 12. The maximum atomic E-state index is 13.3. The van der Waals surface area contributed by atoms with Crippen LogP contribution in [0.5, 0.6) is 23.0 Å². The lowest BCUT2D eigenvalue weighted by Crippen LogP contribution is -2.31. The summed E-state index contributed by atoms with van der Waals surface area (Å²) in [7, 11) is 1.98. The standard InChI is InChI=1S/C32H36N6O2.C29H32N6O2.C28H29N5O3.C25H25N5O3S/c33-31-30-29(25-13-15-26(16-14-25)40-23-24-9-3-1-4-10-24)35-32(38(30)22-17-34-31)27-11-7-21-37(27)28(39)12-8-20-36-18-5-2-6-19-36;1-33(2)17-7-11-25(36)34-18-6-10-24(34)29-32-26(27-28(30)31-16-19-35(27)29)22-12-14-23(15-13-22)37-20-21-8-4-3-5-9-21;1-35-18-6-10-24(34)32-16-5-9-23(32)28-31-25(26-27(29)30-15-17-33(26)28)21-11-13-22(14-12-21)36-19-20-7-3-2-4-8-20;1-2-34(31,32)30-15-6-9-21(30)25-28-22(23-24(26)27-14-16-29(23)25)19-10-12-20(13-11-19)33-17-18-7-4-3-5-8-18/h1,3-4,8-10,12-17,22,27H,2,5-7,11,18-21,23H2,(H2,33,34);3-5,7-9,11-16,19,24H,6,10,17-18,20H2,1-2H3,(H2,30,31);2-4,6-8,10-15,17,23H,5,9,16,18-19H2,1H3,(H2,29,30);2-5,7-8,10-14,16,21H,1,6,9,15,17H2,(H2,26,27)/b12-8+;11-7+;10-6+;/t27-;24-;23-;21-/m0000/s1. The smallest absolute Gasteiger partial charge is 0.246 e. The summed E-state index contributed by atoms with van der Waals surface area (Å²) >= 11 is 0. The molecule has 8 aromatic carbocycles. The first-order chi connectivity index (χ1) is 71.8. The van der Waals surface area contributed by atoms with E-state index < -0.39 is 16.1 Å². The van der Waals surface area contributed by atoms with Crippen molar-refractivity contribution >= 4 is 73.1 Å². The molecular weight excluding hydrogens is 1870 g/mol. The first-order valence-corrected chi connectivity index (χ1v) is 51.3. The number of carbonyl (C=O) groups excluding carboxylic acids is 3. The zero-order valence-corrected chi connectivity index (χ0v) is 83.6. The maximum Gasteiger partial charge on any atom is 0.246 e. The minimum Gasteiger partial charge on any atom is -0.489 e. The Bertz CT molecular complexity index is 7430. The molecule has 0 bridgehead atoms.